The molecule has 0 amide bonds. The van der Waals surface area contributed by atoms with E-state index in [0.29, 0.717) is 41.9 Å². The molecule has 4 rings (SSSR count). The summed E-state index contributed by atoms with van der Waals surface area (Å²) in [4.78, 5) is 0. The minimum atomic E-state index is -0.823. The maximum Gasteiger partial charge on any atom is 0.166 e. The maximum atomic E-state index is 15.2. The zero-order valence-electron chi connectivity index (χ0n) is 24.0. The lowest BCUT2D eigenvalue weighted by Gasteiger charge is -2.30. The Morgan fingerprint density at radius 2 is 1.25 bits per heavy atom. The number of hydrogen-bond donors (Lipinski definition) is 0. The number of halogens is 3. The van der Waals surface area contributed by atoms with E-state index in [1.165, 1.54) is 19.3 Å². The standard InChI is InChI=1S/C35H43F3O2/c1-3-5-7-8-9-11-12-27-18-21-31(35(38)34(27)37)26-16-14-25(15-17-26)30-20-19-28(22-32(30)36)29-23-39-33(40-24-29)13-10-6-4-2/h14-22,29,33H,3-13,23-24H2,1-2H3. The lowest BCUT2D eigenvalue weighted by atomic mass is 9.94. The van der Waals surface area contributed by atoms with Gasteiger partial charge in [-0.05, 0) is 54.0 Å². The van der Waals surface area contributed by atoms with Gasteiger partial charge in [-0.2, -0.15) is 0 Å². The molecule has 40 heavy (non-hydrogen) atoms. The van der Waals surface area contributed by atoms with Gasteiger partial charge in [-0.3, -0.25) is 0 Å². The topological polar surface area (TPSA) is 18.5 Å². The summed E-state index contributed by atoms with van der Waals surface area (Å²) in [6, 6.07) is 15.5. The van der Waals surface area contributed by atoms with Crippen molar-refractivity contribution in [3.63, 3.8) is 0 Å². The Bertz CT molecular complexity index is 1200. The van der Waals surface area contributed by atoms with E-state index in [-0.39, 0.29) is 23.6 Å². The molecule has 0 aromatic heterocycles. The molecule has 3 aromatic carbocycles. The Morgan fingerprint density at radius 1 is 0.650 bits per heavy atom. The van der Waals surface area contributed by atoms with Gasteiger partial charge in [0.1, 0.15) is 5.82 Å². The first-order valence-corrected chi connectivity index (χ1v) is 15.1. The minimum absolute atomic E-state index is 0.00440. The van der Waals surface area contributed by atoms with Crippen molar-refractivity contribution in [2.45, 2.75) is 96.7 Å². The van der Waals surface area contributed by atoms with Crippen LogP contribution in [0.1, 0.15) is 95.1 Å². The Kier molecular flexibility index (Phi) is 11.7. The average Bonchev–Trinajstić information content (AvgIpc) is 2.98. The number of hydrogen-bond acceptors (Lipinski definition) is 2. The Labute approximate surface area is 237 Å². The van der Waals surface area contributed by atoms with E-state index in [9.17, 15) is 8.78 Å². The van der Waals surface area contributed by atoms with Crippen molar-refractivity contribution in [1.29, 1.82) is 0 Å². The second-order valence-electron chi connectivity index (χ2n) is 11.0. The third-order valence-electron chi connectivity index (χ3n) is 7.94. The fourth-order valence-corrected chi connectivity index (χ4v) is 5.41. The molecule has 0 bridgehead atoms. The molecule has 3 aromatic rings. The van der Waals surface area contributed by atoms with Crippen LogP contribution in [-0.2, 0) is 15.9 Å². The van der Waals surface area contributed by atoms with Crippen molar-refractivity contribution >= 4 is 0 Å². The fraction of sp³-hybridized carbons (Fsp3) is 0.486. The summed E-state index contributed by atoms with van der Waals surface area (Å²) in [5.41, 5.74) is 3.21. The largest absolute Gasteiger partial charge is 0.352 e. The molecule has 5 heteroatoms. The number of unbranched alkanes of at least 4 members (excludes halogenated alkanes) is 7. The number of rotatable bonds is 14. The van der Waals surface area contributed by atoms with E-state index in [0.717, 1.165) is 50.5 Å². The van der Waals surface area contributed by atoms with Crippen LogP contribution in [0.3, 0.4) is 0 Å². The molecule has 1 heterocycles. The van der Waals surface area contributed by atoms with E-state index < -0.39 is 11.6 Å². The molecular formula is C35H43F3O2. The van der Waals surface area contributed by atoms with Crippen LogP contribution in [0.15, 0.2) is 54.6 Å². The monoisotopic (exact) mass is 552 g/mol. The fourth-order valence-electron chi connectivity index (χ4n) is 5.41. The Balaban J connectivity index is 1.37. The van der Waals surface area contributed by atoms with Gasteiger partial charge in [0.25, 0.3) is 0 Å². The molecule has 1 aliphatic heterocycles. The average molecular weight is 553 g/mol. The molecule has 0 aliphatic carbocycles. The van der Waals surface area contributed by atoms with Crippen LogP contribution in [0.2, 0.25) is 0 Å². The van der Waals surface area contributed by atoms with Gasteiger partial charge in [-0.25, -0.2) is 13.2 Å². The molecule has 216 valence electrons. The summed E-state index contributed by atoms with van der Waals surface area (Å²) >= 11 is 0. The normalized spacial score (nSPS) is 17.3. The minimum Gasteiger partial charge on any atom is -0.352 e. The van der Waals surface area contributed by atoms with Gasteiger partial charge in [0.2, 0.25) is 0 Å². The molecule has 0 spiro atoms. The molecule has 1 fully saturated rings. The van der Waals surface area contributed by atoms with E-state index in [2.05, 4.69) is 13.8 Å². The second-order valence-corrected chi connectivity index (χ2v) is 11.0. The van der Waals surface area contributed by atoms with Gasteiger partial charge in [0.15, 0.2) is 17.9 Å². The highest BCUT2D eigenvalue weighted by Gasteiger charge is 2.24. The molecule has 1 saturated heterocycles. The zero-order valence-corrected chi connectivity index (χ0v) is 24.0. The Morgan fingerprint density at radius 3 is 1.93 bits per heavy atom. The number of aryl methyl sites for hydroxylation is 1. The van der Waals surface area contributed by atoms with Crippen molar-refractivity contribution in [2.75, 3.05) is 13.2 Å². The van der Waals surface area contributed by atoms with Crippen LogP contribution in [0.4, 0.5) is 13.2 Å². The summed E-state index contributed by atoms with van der Waals surface area (Å²) in [5.74, 6) is -1.92. The van der Waals surface area contributed by atoms with E-state index in [1.807, 2.05) is 6.07 Å². The smallest absolute Gasteiger partial charge is 0.166 e. The van der Waals surface area contributed by atoms with E-state index in [1.54, 1.807) is 48.5 Å². The van der Waals surface area contributed by atoms with Crippen LogP contribution in [-0.4, -0.2) is 19.5 Å². The van der Waals surface area contributed by atoms with Crippen LogP contribution < -0.4 is 0 Å². The van der Waals surface area contributed by atoms with Gasteiger partial charge < -0.3 is 9.47 Å². The number of benzene rings is 3. The van der Waals surface area contributed by atoms with Gasteiger partial charge in [-0.15, -0.1) is 0 Å². The SMILES string of the molecule is CCCCCCCCc1ccc(-c2ccc(-c3ccc(C4COC(CCCCC)OC4)cc3F)cc2)c(F)c1F. The molecule has 0 unspecified atom stereocenters. The summed E-state index contributed by atoms with van der Waals surface area (Å²) in [7, 11) is 0. The first-order chi connectivity index (χ1) is 19.5. The summed E-state index contributed by atoms with van der Waals surface area (Å²) in [5, 5.41) is 0. The zero-order chi connectivity index (χ0) is 28.3. The van der Waals surface area contributed by atoms with E-state index in [4.69, 9.17) is 9.47 Å². The van der Waals surface area contributed by atoms with Gasteiger partial charge in [-0.1, -0.05) is 107 Å². The highest BCUT2D eigenvalue weighted by Crippen LogP contribution is 2.32. The first-order valence-electron chi connectivity index (χ1n) is 15.1. The van der Waals surface area contributed by atoms with Gasteiger partial charge in [0, 0.05) is 17.0 Å². The third kappa shape index (κ3) is 7.98. The highest BCUT2D eigenvalue weighted by atomic mass is 19.2. The maximum absolute atomic E-state index is 15.2. The summed E-state index contributed by atoms with van der Waals surface area (Å²) in [6.07, 6.45) is 11.3. The van der Waals surface area contributed by atoms with Crippen molar-refractivity contribution in [3.05, 3.63) is 83.2 Å². The molecule has 2 nitrogen and oxygen atoms in total. The number of ether oxygens (including phenoxy) is 2. The van der Waals surface area contributed by atoms with Crippen LogP contribution in [0.25, 0.3) is 22.3 Å². The Hall–Kier alpha value is -2.63. The molecular weight excluding hydrogens is 509 g/mol. The highest BCUT2D eigenvalue weighted by molar-refractivity contribution is 5.71. The van der Waals surface area contributed by atoms with Gasteiger partial charge in [0.05, 0.1) is 13.2 Å². The van der Waals surface area contributed by atoms with Crippen molar-refractivity contribution in [1.82, 2.24) is 0 Å². The van der Waals surface area contributed by atoms with Crippen LogP contribution in [0.5, 0.6) is 0 Å². The van der Waals surface area contributed by atoms with Crippen molar-refractivity contribution < 1.29 is 22.6 Å². The van der Waals surface area contributed by atoms with Crippen LogP contribution >= 0.6 is 0 Å². The predicted octanol–water partition coefficient (Wildman–Crippen LogP) is 10.4. The van der Waals surface area contributed by atoms with Crippen molar-refractivity contribution in [2.24, 2.45) is 0 Å². The second kappa shape index (κ2) is 15.4. The molecule has 0 radical (unpaired) electrons. The predicted molar refractivity (Wildman–Crippen MR) is 157 cm³/mol. The molecule has 0 N–H and O–H groups in total. The first kappa shape index (κ1) is 30.3. The van der Waals surface area contributed by atoms with Crippen LogP contribution in [0, 0.1) is 17.5 Å². The lowest BCUT2D eigenvalue weighted by Crippen LogP contribution is -2.30. The van der Waals surface area contributed by atoms with Gasteiger partial charge >= 0.3 is 0 Å². The summed E-state index contributed by atoms with van der Waals surface area (Å²) < 4.78 is 56.7. The molecule has 0 atom stereocenters. The third-order valence-corrected chi connectivity index (χ3v) is 7.94. The van der Waals surface area contributed by atoms with Crippen molar-refractivity contribution in [3.8, 4) is 22.3 Å². The molecule has 1 aliphatic rings. The summed E-state index contributed by atoms with van der Waals surface area (Å²) in [6.45, 7) is 5.38. The lowest BCUT2D eigenvalue weighted by molar-refractivity contribution is -0.190. The van der Waals surface area contributed by atoms with E-state index >= 15 is 4.39 Å². The molecule has 0 saturated carbocycles. The quantitative estimate of drug-likeness (QED) is 0.185.